The first kappa shape index (κ1) is 19.3. The number of anilines is 1. The molecule has 0 aromatic heterocycles. The van der Waals surface area contributed by atoms with Crippen LogP contribution in [0.25, 0.3) is 0 Å². The van der Waals surface area contributed by atoms with E-state index in [2.05, 4.69) is 40.0 Å². The molecule has 0 spiro atoms. The number of amides is 1. The van der Waals surface area contributed by atoms with Crippen LogP contribution in [0, 0.1) is 10.1 Å². The first-order valence-electron chi connectivity index (χ1n) is 6.50. The molecule has 8 heteroatoms. The minimum Gasteiger partial charge on any atom is -0.328 e. The van der Waals surface area contributed by atoms with Crippen molar-refractivity contribution in [1.82, 2.24) is 4.90 Å². The van der Waals surface area contributed by atoms with Gasteiger partial charge >= 0.3 is 0 Å². The van der Waals surface area contributed by atoms with Crippen LogP contribution < -0.4 is 5.32 Å². The smallest absolute Gasteiger partial charge is 0.291 e. The number of carbonyl (C=O) groups is 1. The second-order valence-electron chi connectivity index (χ2n) is 4.04. The molecule has 0 saturated carbocycles. The summed E-state index contributed by atoms with van der Waals surface area (Å²) < 4.78 is 0.913. The maximum Gasteiger partial charge on any atom is 0.291 e. The van der Waals surface area contributed by atoms with Crippen LogP contribution in [0.1, 0.15) is 20.3 Å². The third-order valence-electron chi connectivity index (χ3n) is 2.70. The lowest BCUT2D eigenvalue weighted by Gasteiger charge is -2.17. The minimum atomic E-state index is -1.50. The molecule has 0 heterocycles. The van der Waals surface area contributed by atoms with E-state index in [4.69, 9.17) is 15.3 Å². The number of nitrogens with one attached hydrogen (secondary N) is 1. The van der Waals surface area contributed by atoms with Crippen LogP contribution in [-0.2, 0) is 4.79 Å². The number of nitrogens with zero attached hydrogens (tertiary/aromatic N) is 2. The molecule has 1 amide bonds. The van der Waals surface area contributed by atoms with Crippen molar-refractivity contribution in [1.29, 1.82) is 0 Å². The number of benzene rings is 1. The Bertz CT molecular complexity index is 449. The van der Waals surface area contributed by atoms with Gasteiger partial charge in [-0.3, -0.25) is 4.79 Å². The first-order valence-corrected chi connectivity index (χ1v) is 7.30. The Morgan fingerprint density at radius 1 is 1.38 bits per heavy atom. The summed E-state index contributed by atoms with van der Waals surface area (Å²) >= 11 is 3.41. The van der Waals surface area contributed by atoms with Crippen molar-refractivity contribution in [2.45, 2.75) is 20.3 Å². The van der Waals surface area contributed by atoms with Gasteiger partial charge in [0, 0.05) is 17.4 Å². The molecule has 21 heavy (non-hydrogen) atoms. The zero-order valence-corrected chi connectivity index (χ0v) is 13.7. The van der Waals surface area contributed by atoms with E-state index in [1.165, 1.54) is 0 Å². The first-order chi connectivity index (χ1) is 9.90. The van der Waals surface area contributed by atoms with Crippen LogP contribution in [0.3, 0.4) is 0 Å². The van der Waals surface area contributed by atoms with Gasteiger partial charge in [0.05, 0.1) is 5.69 Å². The summed E-state index contributed by atoms with van der Waals surface area (Å²) in [7, 11) is 0. The zero-order chi connectivity index (χ0) is 16.3. The summed E-state index contributed by atoms with van der Waals surface area (Å²) in [6, 6.07) is 7.64. The third-order valence-corrected chi connectivity index (χ3v) is 3.39. The van der Waals surface area contributed by atoms with E-state index in [1.54, 1.807) is 0 Å². The zero-order valence-electron chi connectivity index (χ0n) is 12.1. The summed E-state index contributed by atoms with van der Waals surface area (Å²) in [4.78, 5) is 22.3. The van der Waals surface area contributed by atoms with Gasteiger partial charge in [-0.2, -0.15) is 0 Å². The quantitative estimate of drug-likeness (QED) is 0.599. The fourth-order valence-corrected chi connectivity index (χ4v) is 1.96. The lowest BCUT2D eigenvalue weighted by atomic mass is 10.3. The van der Waals surface area contributed by atoms with Crippen LogP contribution in [0.4, 0.5) is 5.69 Å². The third kappa shape index (κ3) is 9.80. The predicted octanol–water partition coefficient (Wildman–Crippen LogP) is 2.77. The highest BCUT2D eigenvalue weighted by atomic mass is 79.9. The SMILES string of the molecule is CCN(CC)CCC(=O)Nc1ccccc1Br.O=[N+]([O-])O. The summed E-state index contributed by atoms with van der Waals surface area (Å²) in [6.07, 6.45) is 0.531. The Balaban J connectivity index is 0.000000885. The summed E-state index contributed by atoms with van der Waals surface area (Å²) in [5.74, 6) is 0.0591. The Labute approximate surface area is 132 Å². The monoisotopic (exact) mass is 361 g/mol. The van der Waals surface area contributed by atoms with E-state index in [9.17, 15) is 4.79 Å². The predicted molar refractivity (Wildman–Crippen MR) is 84.0 cm³/mol. The molecule has 118 valence electrons. The highest BCUT2D eigenvalue weighted by Gasteiger charge is 2.07. The minimum absolute atomic E-state index is 0.0591. The van der Waals surface area contributed by atoms with Gasteiger partial charge in [0.2, 0.25) is 5.91 Å². The molecule has 0 bridgehead atoms. The molecule has 0 atom stereocenters. The maximum atomic E-state index is 11.7. The van der Waals surface area contributed by atoms with Gasteiger partial charge in [-0.15, -0.1) is 10.1 Å². The number of para-hydroxylation sites is 1. The van der Waals surface area contributed by atoms with Crippen LogP contribution in [-0.4, -0.2) is 40.7 Å². The average molecular weight is 362 g/mol. The van der Waals surface area contributed by atoms with E-state index < -0.39 is 5.09 Å². The largest absolute Gasteiger partial charge is 0.328 e. The summed E-state index contributed by atoms with van der Waals surface area (Å²) in [5, 5.41) is 16.5. The molecular weight excluding hydrogens is 342 g/mol. The standard InChI is InChI=1S/C13H19BrN2O.HNO3/c1-3-16(4-2)10-9-13(17)15-12-8-6-5-7-11(12)14;2-1(3)4/h5-8H,3-4,9-10H2,1-2H3,(H,15,17);(H,2,3,4). The maximum absolute atomic E-state index is 11.7. The fourth-order valence-electron chi connectivity index (χ4n) is 1.57. The lowest BCUT2D eigenvalue weighted by molar-refractivity contribution is -0.742. The van der Waals surface area contributed by atoms with Crippen molar-refractivity contribution in [3.8, 4) is 0 Å². The van der Waals surface area contributed by atoms with Crippen molar-refractivity contribution < 1.29 is 15.1 Å². The molecule has 0 aliphatic heterocycles. The Morgan fingerprint density at radius 2 is 1.90 bits per heavy atom. The topological polar surface area (TPSA) is 95.7 Å². The van der Waals surface area contributed by atoms with Crippen molar-refractivity contribution in [3.05, 3.63) is 38.9 Å². The van der Waals surface area contributed by atoms with Crippen LogP contribution in [0.5, 0.6) is 0 Å². The van der Waals surface area contributed by atoms with Gasteiger partial charge in [-0.25, -0.2) is 0 Å². The van der Waals surface area contributed by atoms with E-state index in [-0.39, 0.29) is 5.91 Å². The molecule has 7 nitrogen and oxygen atoms in total. The van der Waals surface area contributed by atoms with Gasteiger partial charge < -0.3 is 15.4 Å². The number of carbonyl (C=O) groups excluding carboxylic acids is 1. The van der Waals surface area contributed by atoms with Gasteiger partial charge in [-0.1, -0.05) is 26.0 Å². The molecule has 1 rings (SSSR count). The lowest BCUT2D eigenvalue weighted by Crippen LogP contribution is -2.27. The highest BCUT2D eigenvalue weighted by Crippen LogP contribution is 2.21. The van der Waals surface area contributed by atoms with E-state index >= 15 is 0 Å². The fraction of sp³-hybridized carbons (Fsp3) is 0.462. The average Bonchev–Trinajstić information content (AvgIpc) is 2.42. The van der Waals surface area contributed by atoms with Crippen LogP contribution in [0.2, 0.25) is 0 Å². The molecule has 2 N–H and O–H groups in total. The molecule has 0 unspecified atom stereocenters. The molecule has 0 fully saturated rings. The summed E-state index contributed by atoms with van der Waals surface area (Å²) in [6.45, 7) is 6.99. The van der Waals surface area contributed by atoms with Gasteiger partial charge in [0.1, 0.15) is 0 Å². The summed E-state index contributed by atoms with van der Waals surface area (Å²) in [5.41, 5.74) is 0.831. The van der Waals surface area contributed by atoms with E-state index in [0.717, 1.165) is 29.8 Å². The van der Waals surface area contributed by atoms with Gasteiger partial charge in [0.25, 0.3) is 5.09 Å². The van der Waals surface area contributed by atoms with Crippen molar-refractivity contribution >= 4 is 27.5 Å². The van der Waals surface area contributed by atoms with Gasteiger partial charge in [0.15, 0.2) is 0 Å². The second-order valence-corrected chi connectivity index (χ2v) is 4.90. The van der Waals surface area contributed by atoms with Crippen molar-refractivity contribution in [2.24, 2.45) is 0 Å². The molecular formula is C13H20BrN3O4. The van der Waals surface area contributed by atoms with Crippen LogP contribution in [0.15, 0.2) is 28.7 Å². The highest BCUT2D eigenvalue weighted by molar-refractivity contribution is 9.10. The number of halogens is 1. The molecule has 0 radical (unpaired) electrons. The molecule has 0 aliphatic carbocycles. The molecule has 1 aromatic carbocycles. The van der Waals surface area contributed by atoms with Crippen molar-refractivity contribution in [2.75, 3.05) is 25.0 Å². The second kappa shape index (κ2) is 11.0. The normalized spacial score (nSPS) is 9.71. The molecule has 1 aromatic rings. The Morgan fingerprint density at radius 3 is 2.38 bits per heavy atom. The van der Waals surface area contributed by atoms with Crippen LogP contribution >= 0.6 is 15.9 Å². The van der Waals surface area contributed by atoms with E-state index in [1.807, 2.05) is 24.3 Å². The van der Waals surface area contributed by atoms with Crippen molar-refractivity contribution in [3.63, 3.8) is 0 Å². The molecule has 0 aliphatic rings. The Hall–Kier alpha value is -1.67. The number of hydrogen-bond donors (Lipinski definition) is 2. The molecule has 0 saturated heterocycles. The van der Waals surface area contributed by atoms with E-state index in [0.29, 0.717) is 6.42 Å². The Kier molecular flexibility index (Phi) is 10.2. The number of rotatable bonds is 6. The number of hydrogen-bond acceptors (Lipinski definition) is 4. The van der Waals surface area contributed by atoms with Gasteiger partial charge in [-0.05, 0) is 41.2 Å².